The third-order valence-electron chi connectivity index (χ3n) is 7.17. The van der Waals surface area contributed by atoms with Gasteiger partial charge in [0.1, 0.15) is 12.4 Å². The Kier molecular flexibility index (Phi) is 6.79. The molecule has 10 heteroatoms. The summed E-state index contributed by atoms with van der Waals surface area (Å²) < 4.78 is 13.7. The lowest BCUT2D eigenvalue weighted by atomic mass is 9.75. The molecule has 9 nitrogen and oxygen atoms in total. The average Bonchev–Trinajstić information content (AvgIpc) is 3.27. The summed E-state index contributed by atoms with van der Waals surface area (Å²) in [5, 5.41) is 3.38. The van der Waals surface area contributed by atoms with E-state index in [1.807, 2.05) is 28.9 Å². The van der Waals surface area contributed by atoms with Crippen LogP contribution in [0.2, 0.25) is 5.02 Å². The Hall–Kier alpha value is -3.98. The smallest absolute Gasteiger partial charge is 0.253 e. The molecule has 3 aromatic rings. The van der Waals surface area contributed by atoms with Gasteiger partial charge in [0.15, 0.2) is 5.75 Å². The van der Waals surface area contributed by atoms with Gasteiger partial charge in [-0.05, 0) is 30.3 Å². The van der Waals surface area contributed by atoms with E-state index >= 15 is 0 Å². The summed E-state index contributed by atoms with van der Waals surface area (Å²) in [5.74, 6) is 0.778. The third kappa shape index (κ3) is 4.47. The van der Waals surface area contributed by atoms with Crippen LogP contribution in [-0.2, 0) is 11.2 Å². The Labute approximate surface area is 226 Å². The second-order valence-corrected chi connectivity index (χ2v) is 10.4. The summed E-state index contributed by atoms with van der Waals surface area (Å²) in [5.41, 5.74) is 6.83. The first-order chi connectivity index (χ1) is 18.2. The van der Waals surface area contributed by atoms with Gasteiger partial charge in [-0.25, -0.2) is 0 Å². The van der Waals surface area contributed by atoms with E-state index in [0.717, 1.165) is 17.0 Å². The third-order valence-corrected chi connectivity index (χ3v) is 7.47. The Morgan fingerprint density at radius 1 is 1.34 bits per heavy atom. The van der Waals surface area contributed by atoms with Crippen molar-refractivity contribution in [1.29, 1.82) is 0 Å². The van der Waals surface area contributed by atoms with E-state index < -0.39 is 0 Å². The van der Waals surface area contributed by atoms with Crippen molar-refractivity contribution in [2.24, 2.45) is 5.41 Å². The van der Waals surface area contributed by atoms with Crippen molar-refractivity contribution in [2.45, 2.75) is 26.3 Å². The van der Waals surface area contributed by atoms with Gasteiger partial charge >= 0.3 is 0 Å². The molecule has 4 heterocycles. The van der Waals surface area contributed by atoms with Crippen molar-refractivity contribution in [3.05, 3.63) is 71.7 Å². The van der Waals surface area contributed by atoms with Gasteiger partial charge < -0.3 is 19.7 Å². The highest BCUT2D eigenvalue weighted by Crippen LogP contribution is 2.40. The van der Waals surface area contributed by atoms with Gasteiger partial charge in [0.2, 0.25) is 5.91 Å². The number of para-hydroxylation sites is 1. The molecule has 0 bridgehead atoms. The number of halogens is 1. The topological polar surface area (TPSA) is 97.7 Å². The minimum Gasteiger partial charge on any atom is -0.493 e. The van der Waals surface area contributed by atoms with Crippen molar-refractivity contribution >= 4 is 29.1 Å². The summed E-state index contributed by atoms with van der Waals surface area (Å²) in [6, 6.07) is 9.02. The number of aromatic nitrogens is 2. The van der Waals surface area contributed by atoms with Crippen LogP contribution in [0.1, 0.15) is 29.9 Å². The number of pyridine rings is 1. The Bertz CT molecular complexity index is 1420. The number of likely N-dealkylation sites (tertiary alicyclic amines) is 1. The standard InChI is InChI=1S/C28H30ClN5O4/c1-5-25(35)33-16-28(2,3)24(33)15-38-23-14-30-11-9-17(23)22-13-18-21(10-12-31-27(18)36)34(22)32-20-8-6-7-19(29)26(20)37-4/h5-9,11,13-14,24,32H,1,10,12,15-16H2,2-4H3,(H,31,36)/t24-/m1/s1. The number of methoxy groups -OCH3 is 1. The molecule has 1 atom stereocenters. The molecule has 2 aliphatic heterocycles. The summed E-state index contributed by atoms with van der Waals surface area (Å²) in [6.07, 6.45) is 5.29. The van der Waals surface area contributed by atoms with Gasteiger partial charge in [-0.15, -0.1) is 0 Å². The number of fused-ring (bicyclic) bond motifs is 1. The Morgan fingerprint density at radius 3 is 2.89 bits per heavy atom. The van der Waals surface area contributed by atoms with E-state index in [0.29, 0.717) is 53.9 Å². The Balaban J connectivity index is 1.53. The van der Waals surface area contributed by atoms with Crippen LogP contribution in [0.25, 0.3) is 11.3 Å². The number of ether oxygens (including phenoxy) is 2. The molecule has 0 spiro atoms. The van der Waals surface area contributed by atoms with Gasteiger partial charge in [-0.3, -0.25) is 24.7 Å². The lowest BCUT2D eigenvalue weighted by Crippen LogP contribution is -2.65. The first-order valence-corrected chi connectivity index (χ1v) is 12.8. The second kappa shape index (κ2) is 10.1. The predicted octanol–water partition coefficient (Wildman–Crippen LogP) is 4.18. The Morgan fingerprint density at radius 2 is 2.16 bits per heavy atom. The summed E-state index contributed by atoms with van der Waals surface area (Å²) in [7, 11) is 1.56. The number of hydrogen-bond donors (Lipinski definition) is 2. The number of carbonyl (C=O) groups is 2. The monoisotopic (exact) mass is 535 g/mol. The van der Waals surface area contributed by atoms with Crippen LogP contribution < -0.4 is 20.2 Å². The second-order valence-electron chi connectivity index (χ2n) is 10.0. The zero-order chi connectivity index (χ0) is 27.0. The maximum atomic E-state index is 12.8. The number of nitrogens with zero attached hydrogens (tertiary/aromatic N) is 3. The van der Waals surface area contributed by atoms with Gasteiger partial charge in [-0.1, -0.05) is 38.1 Å². The highest BCUT2D eigenvalue weighted by Gasteiger charge is 2.47. The summed E-state index contributed by atoms with van der Waals surface area (Å²) >= 11 is 6.38. The fraction of sp³-hybridized carbons (Fsp3) is 0.321. The van der Waals surface area contributed by atoms with E-state index in [-0.39, 0.29) is 23.3 Å². The maximum absolute atomic E-state index is 12.8. The summed E-state index contributed by atoms with van der Waals surface area (Å²) in [4.78, 5) is 31.1. The number of nitrogens with one attached hydrogen (secondary N) is 2. The van der Waals surface area contributed by atoms with Crippen molar-refractivity contribution in [2.75, 3.05) is 32.2 Å². The number of amides is 2. The highest BCUT2D eigenvalue weighted by atomic mass is 35.5. The van der Waals surface area contributed by atoms with Crippen LogP contribution in [0.4, 0.5) is 5.69 Å². The number of benzene rings is 1. The average molecular weight is 536 g/mol. The largest absolute Gasteiger partial charge is 0.493 e. The fourth-order valence-corrected chi connectivity index (χ4v) is 5.39. The number of anilines is 1. The van der Waals surface area contributed by atoms with E-state index in [2.05, 4.69) is 36.2 Å². The number of carbonyl (C=O) groups excluding carboxylic acids is 2. The molecular weight excluding hydrogens is 506 g/mol. The molecule has 1 fully saturated rings. The molecule has 198 valence electrons. The van der Waals surface area contributed by atoms with Gasteiger partial charge in [0, 0.05) is 36.7 Å². The molecule has 2 aromatic heterocycles. The van der Waals surface area contributed by atoms with Crippen molar-refractivity contribution in [1.82, 2.24) is 19.9 Å². The molecule has 0 radical (unpaired) electrons. The minimum absolute atomic E-state index is 0.0941. The number of rotatable bonds is 8. The van der Waals surface area contributed by atoms with E-state index in [1.54, 1.807) is 30.5 Å². The first-order valence-electron chi connectivity index (χ1n) is 12.4. The minimum atomic E-state index is -0.141. The molecule has 2 N–H and O–H groups in total. The molecule has 2 amide bonds. The SMILES string of the molecule is C=CC(=O)N1CC(C)(C)[C@H]1COc1cnccc1-c1cc2c(n1Nc1cccc(Cl)c1OC)CCNC2=O. The first kappa shape index (κ1) is 25.7. The predicted molar refractivity (Wildman–Crippen MR) is 146 cm³/mol. The molecule has 1 saturated heterocycles. The zero-order valence-electron chi connectivity index (χ0n) is 21.6. The molecule has 0 unspecified atom stereocenters. The van der Waals surface area contributed by atoms with Crippen LogP contribution in [0.5, 0.6) is 11.5 Å². The van der Waals surface area contributed by atoms with Crippen molar-refractivity contribution in [3.8, 4) is 22.8 Å². The zero-order valence-corrected chi connectivity index (χ0v) is 22.3. The number of hydrogen-bond acceptors (Lipinski definition) is 6. The molecular formula is C28H30ClN5O4. The molecule has 1 aromatic carbocycles. The molecule has 0 saturated carbocycles. The van der Waals surface area contributed by atoms with Crippen LogP contribution in [-0.4, -0.2) is 59.2 Å². The quantitative estimate of drug-likeness (QED) is 0.420. The lowest BCUT2D eigenvalue weighted by Gasteiger charge is -2.53. The van der Waals surface area contributed by atoms with Gasteiger partial charge in [-0.2, -0.15) is 0 Å². The normalized spacial score (nSPS) is 17.6. The molecule has 0 aliphatic carbocycles. The van der Waals surface area contributed by atoms with E-state index in [4.69, 9.17) is 21.1 Å². The lowest BCUT2D eigenvalue weighted by molar-refractivity contribution is -0.148. The van der Waals surface area contributed by atoms with E-state index in [1.165, 1.54) is 6.08 Å². The molecule has 38 heavy (non-hydrogen) atoms. The van der Waals surface area contributed by atoms with Crippen LogP contribution >= 0.6 is 11.6 Å². The van der Waals surface area contributed by atoms with Gasteiger partial charge in [0.25, 0.3) is 5.91 Å². The van der Waals surface area contributed by atoms with Crippen molar-refractivity contribution < 1.29 is 19.1 Å². The molecule has 2 aliphatic rings. The van der Waals surface area contributed by atoms with Crippen LogP contribution in [0, 0.1) is 5.41 Å². The van der Waals surface area contributed by atoms with Crippen molar-refractivity contribution in [3.63, 3.8) is 0 Å². The van der Waals surface area contributed by atoms with Crippen LogP contribution in [0.3, 0.4) is 0 Å². The van der Waals surface area contributed by atoms with Gasteiger partial charge in [0.05, 0.1) is 47.0 Å². The van der Waals surface area contributed by atoms with Crippen LogP contribution in [0.15, 0.2) is 55.4 Å². The fourth-order valence-electron chi connectivity index (χ4n) is 5.14. The van der Waals surface area contributed by atoms with E-state index in [9.17, 15) is 9.59 Å². The molecule has 5 rings (SSSR count). The maximum Gasteiger partial charge on any atom is 0.253 e. The highest BCUT2D eigenvalue weighted by molar-refractivity contribution is 6.32. The summed E-state index contributed by atoms with van der Waals surface area (Å²) in [6.45, 7) is 9.29.